The number of nitrogens with two attached hydrogens (primary N) is 2. The van der Waals surface area contributed by atoms with Crippen LogP contribution < -0.4 is 20.9 Å². The number of nitrogens with zero attached hydrogens (tertiary/aromatic N) is 2. The van der Waals surface area contributed by atoms with Gasteiger partial charge in [0, 0.05) is 6.54 Å². The zero-order valence-electron chi connectivity index (χ0n) is 12.7. The number of hydrogen-bond donors (Lipinski definition) is 2. The molecule has 0 spiro atoms. The topological polar surface area (TPSA) is 104 Å². The summed E-state index contributed by atoms with van der Waals surface area (Å²) in [6, 6.07) is 5.87. The van der Waals surface area contributed by atoms with E-state index in [2.05, 4.69) is 16.9 Å². The van der Waals surface area contributed by atoms with Gasteiger partial charge in [0.1, 0.15) is 0 Å². The van der Waals surface area contributed by atoms with Gasteiger partial charge in [-0.15, -0.1) is 0 Å². The van der Waals surface area contributed by atoms with Crippen molar-refractivity contribution in [2.24, 2.45) is 21.5 Å². The van der Waals surface area contributed by atoms with Crippen LogP contribution in [0.1, 0.15) is 25.3 Å². The molecule has 1 aliphatic heterocycles. The fraction of sp³-hybridized carbons (Fsp3) is 0.467. The molecule has 0 amide bonds. The molecular weight excluding hydrogens is 284 g/mol. The lowest BCUT2D eigenvalue weighted by Crippen LogP contribution is -2.22. The Morgan fingerprint density at radius 1 is 1.27 bits per heavy atom. The van der Waals surface area contributed by atoms with Gasteiger partial charge in [-0.2, -0.15) is 4.99 Å². The molecule has 1 aromatic carbocycles. The van der Waals surface area contributed by atoms with E-state index in [1.54, 1.807) is 0 Å². The maximum Gasteiger partial charge on any atom is 0.289 e. The van der Waals surface area contributed by atoms with E-state index in [0.717, 1.165) is 36.3 Å². The van der Waals surface area contributed by atoms with Gasteiger partial charge in [0.15, 0.2) is 11.5 Å². The number of hydrogen-bond acceptors (Lipinski definition) is 4. The second-order valence-electron chi connectivity index (χ2n) is 4.83. The summed E-state index contributed by atoms with van der Waals surface area (Å²) in [6.45, 7) is 3.39. The largest absolute Gasteiger partial charge is 0.465 e. The van der Waals surface area contributed by atoms with Crippen molar-refractivity contribution < 1.29 is 14.2 Å². The van der Waals surface area contributed by atoms with E-state index >= 15 is 0 Å². The SMILES string of the molecule is CCCCO/C(N)=N/C(N)=NCCc1ccc2c(c1)OCO2. The normalized spacial score (nSPS) is 14.2. The third kappa shape index (κ3) is 4.83. The number of amidine groups is 1. The molecule has 0 aromatic heterocycles. The van der Waals surface area contributed by atoms with Gasteiger partial charge in [-0.25, -0.2) is 0 Å². The Kier molecular flexibility index (Phi) is 5.88. The van der Waals surface area contributed by atoms with Gasteiger partial charge >= 0.3 is 0 Å². The van der Waals surface area contributed by atoms with E-state index < -0.39 is 0 Å². The minimum Gasteiger partial charge on any atom is -0.465 e. The van der Waals surface area contributed by atoms with Crippen LogP contribution in [0, 0.1) is 0 Å². The summed E-state index contributed by atoms with van der Waals surface area (Å²) in [5, 5.41) is 0. The fourth-order valence-electron chi connectivity index (χ4n) is 1.90. The van der Waals surface area contributed by atoms with Crippen molar-refractivity contribution in [3.05, 3.63) is 23.8 Å². The van der Waals surface area contributed by atoms with Crippen LogP contribution in [-0.2, 0) is 11.2 Å². The first-order chi connectivity index (χ1) is 10.7. The smallest absolute Gasteiger partial charge is 0.289 e. The molecule has 2 rings (SSSR count). The second-order valence-corrected chi connectivity index (χ2v) is 4.83. The lowest BCUT2D eigenvalue weighted by molar-refractivity contribution is 0.174. The second kappa shape index (κ2) is 8.11. The lowest BCUT2D eigenvalue weighted by Gasteiger charge is -2.03. The van der Waals surface area contributed by atoms with Gasteiger partial charge < -0.3 is 25.7 Å². The standard InChI is InChI=1S/C15H22N4O3/c1-2-3-8-20-15(17)19-14(16)18-7-6-11-4-5-12-13(9-11)22-10-21-12/h4-5,9H,2-3,6-8,10H2,1H3,(H4,16,17,18,19). The molecule has 7 nitrogen and oxygen atoms in total. The van der Waals surface area contributed by atoms with E-state index in [-0.39, 0.29) is 18.8 Å². The molecule has 7 heteroatoms. The Morgan fingerprint density at radius 2 is 2.09 bits per heavy atom. The molecule has 1 heterocycles. The van der Waals surface area contributed by atoms with Crippen molar-refractivity contribution in [1.82, 2.24) is 0 Å². The predicted octanol–water partition coefficient (Wildman–Crippen LogP) is 1.40. The molecule has 0 unspecified atom stereocenters. The summed E-state index contributed by atoms with van der Waals surface area (Å²) < 4.78 is 15.8. The summed E-state index contributed by atoms with van der Waals surface area (Å²) >= 11 is 0. The molecule has 0 fully saturated rings. The first kappa shape index (κ1) is 15.9. The monoisotopic (exact) mass is 306 g/mol. The maximum absolute atomic E-state index is 5.69. The fourth-order valence-corrected chi connectivity index (χ4v) is 1.90. The third-order valence-electron chi connectivity index (χ3n) is 3.08. The number of aliphatic imine (C=N–C) groups is 2. The summed E-state index contributed by atoms with van der Waals surface area (Å²) in [4.78, 5) is 8.05. The van der Waals surface area contributed by atoms with Crippen LogP contribution >= 0.6 is 0 Å². The first-order valence-electron chi connectivity index (χ1n) is 7.34. The van der Waals surface area contributed by atoms with E-state index in [1.165, 1.54) is 0 Å². The average molecular weight is 306 g/mol. The van der Waals surface area contributed by atoms with Gasteiger partial charge in [0.05, 0.1) is 6.61 Å². The van der Waals surface area contributed by atoms with Crippen molar-refractivity contribution in [2.45, 2.75) is 26.2 Å². The van der Waals surface area contributed by atoms with Gasteiger partial charge in [-0.05, 0) is 30.5 Å². The Morgan fingerprint density at radius 3 is 2.91 bits per heavy atom. The van der Waals surface area contributed by atoms with Crippen molar-refractivity contribution >= 4 is 12.0 Å². The Labute approximate surface area is 130 Å². The molecular formula is C15H22N4O3. The molecule has 0 aliphatic carbocycles. The minimum atomic E-state index is 0.0535. The number of ether oxygens (including phenoxy) is 3. The van der Waals surface area contributed by atoms with Gasteiger partial charge in [-0.1, -0.05) is 19.4 Å². The Bertz CT molecular complexity index is 558. The summed E-state index contributed by atoms with van der Waals surface area (Å²) in [6.07, 6.45) is 2.69. The highest BCUT2D eigenvalue weighted by molar-refractivity contribution is 5.90. The van der Waals surface area contributed by atoms with Crippen LogP contribution in [0.4, 0.5) is 0 Å². The summed E-state index contributed by atoms with van der Waals surface area (Å²) in [5.41, 5.74) is 12.4. The quantitative estimate of drug-likeness (QED) is 0.469. The van der Waals surface area contributed by atoms with Gasteiger partial charge in [0.25, 0.3) is 6.02 Å². The van der Waals surface area contributed by atoms with Gasteiger partial charge in [0.2, 0.25) is 12.8 Å². The van der Waals surface area contributed by atoms with Crippen molar-refractivity contribution in [3.8, 4) is 11.5 Å². The molecule has 1 aliphatic rings. The van der Waals surface area contributed by atoms with Crippen LogP contribution in [0.15, 0.2) is 28.2 Å². The number of benzene rings is 1. The van der Waals surface area contributed by atoms with Crippen LogP contribution in [0.5, 0.6) is 11.5 Å². The van der Waals surface area contributed by atoms with Crippen molar-refractivity contribution in [1.29, 1.82) is 0 Å². The zero-order chi connectivity index (χ0) is 15.8. The molecule has 22 heavy (non-hydrogen) atoms. The lowest BCUT2D eigenvalue weighted by atomic mass is 10.1. The molecule has 0 saturated carbocycles. The van der Waals surface area contributed by atoms with E-state index in [9.17, 15) is 0 Å². The van der Waals surface area contributed by atoms with E-state index in [4.69, 9.17) is 25.7 Å². The summed E-state index contributed by atoms with van der Waals surface area (Å²) in [5.74, 6) is 1.66. The van der Waals surface area contributed by atoms with Crippen LogP contribution in [0.3, 0.4) is 0 Å². The zero-order valence-corrected chi connectivity index (χ0v) is 12.7. The number of unbranched alkanes of at least 4 members (excludes halogenated alkanes) is 1. The highest BCUT2D eigenvalue weighted by Gasteiger charge is 2.12. The Hall–Kier alpha value is -2.44. The summed E-state index contributed by atoms with van der Waals surface area (Å²) in [7, 11) is 0. The van der Waals surface area contributed by atoms with Gasteiger partial charge in [-0.3, -0.25) is 4.99 Å². The van der Waals surface area contributed by atoms with Crippen LogP contribution in [0.2, 0.25) is 0 Å². The van der Waals surface area contributed by atoms with E-state index in [1.807, 2.05) is 18.2 Å². The minimum absolute atomic E-state index is 0.0535. The number of fused-ring (bicyclic) bond motifs is 1. The highest BCUT2D eigenvalue weighted by Crippen LogP contribution is 2.32. The predicted molar refractivity (Wildman–Crippen MR) is 85.2 cm³/mol. The molecule has 0 bridgehead atoms. The molecule has 0 saturated heterocycles. The first-order valence-corrected chi connectivity index (χ1v) is 7.34. The maximum atomic E-state index is 5.69. The van der Waals surface area contributed by atoms with Crippen LogP contribution in [0.25, 0.3) is 0 Å². The molecule has 0 atom stereocenters. The van der Waals surface area contributed by atoms with Crippen LogP contribution in [-0.4, -0.2) is 31.9 Å². The van der Waals surface area contributed by atoms with Crippen molar-refractivity contribution in [2.75, 3.05) is 19.9 Å². The highest BCUT2D eigenvalue weighted by atomic mass is 16.7. The molecule has 1 aromatic rings. The molecule has 4 N–H and O–H groups in total. The van der Waals surface area contributed by atoms with Crippen molar-refractivity contribution in [3.63, 3.8) is 0 Å². The molecule has 120 valence electrons. The number of guanidine groups is 1. The van der Waals surface area contributed by atoms with E-state index in [0.29, 0.717) is 13.2 Å². The number of rotatable bonds is 6. The average Bonchev–Trinajstić information content (AvgIpc) is 2.95. The Balaban J connectivity index is 1.80. The third-order valence-corrected chi connectivity index (χ3v) is 3.08. The molecule has 0 radical (unpaired) electrons.